The topological polar surface area (TPSA) is 58.6 Å². The minimum Gasteiger partial charge on any atom is -0.381 e. The van der Waals surface area contributed by atoms with E-state index in [1.165, 1.54) is 0 Å². The van der Waals surface area contributed by atoms with Gasteiger partial charge in [-0.2, -0.15) is 0 Å². The van der Waals surface area contributed by atoms with Crippen LogP contribution in [0.4, 0.5) is 0 Å². The molecule has 2 amide bonds. The maximum absolute atomic E-state index is 11.8. The van der Waals surface area contributed by atoms with Crippen LogP contribution >= 0.6 is 0 Å². The highest BCUT2D eigenvalue weighted by atomic mass is 16.5. The minimum absolute atomic E-state index is 0.0656. The molecule has 1 N–H and O–H groups in total. The van der Waals surface area contributed by atoms with Crippen LogP contribution in [-0.2, 0) is 14.3 Å². The Labute approximate surface area is 122 Å². The summed E-state index contributed by atoms with van der Waals surface area (Å²) in [7, 11) is 0. The van der Waals surface area contributed by atoms with Crippen LogP contribution in [0.15, 0.2) is 0 Å². The van der Waals surface area contributed by atoms with Crippen molar-refractivity contribution in [1.82, 2.24) is 10.2 Å². The molecule has 1 saturated heterocycles. The highest BCUT2D eigenvalue weighted by Gasteiger charge is 2.18. The van der Waals surface area contributed by atoms with Gasteiger partial charge in [-0.1, -0.05) is 20.3 Å². The Kier molecular flexibility index (Phi) is 8.26. The summed E-state index contributed by atoms with van der Waals surface area (Å²) in [4.78, 5) is 25.2. The summed E-state index contributed by atoms with van der Waals surface area (Å²) in [6.45, 7) is 7.17. The average Bonchev–Trinajstić information content (AvgIpc) is 2.59. The van der Waals surface area contributed by atoms with Gasteiger partial charge in [0, 0.05) is 32.7 Å². The third-order valence-corrected chi connectivity index (χ3v) is 3.24. The number of amides is 2. The third kappa shape index (κ3) is 7.48. The van der Waals surface area contributed by atoms with Crippen LogP contribution in [-0.4, -0.2) is 49.6 Å². The van der Waals surface area contributed by atoms with Gasteiger partial charge >= 0.3 is 0 Å². The molecule has 1 fully saturated rings. The van der Waals surface area contributed by atoms with Gasteiger partial charge < -0.3 is 15.0 Å². The molecule has 0 aromatic carbocycles. The van der Waals surface area contributed by atoms with E-state index in [0.29, 0.717) is 32.0 Å². The Morgan fingerprint density at radius 1 is 1.35 bits per heavy atom. The van der Waals surface area contributed by atoms with Crippen LogP contribution in [0.2, 0.25) is 0 Å². The van der Waals surface area contributed by atoms with Crippen molar-refractivity contribution in [2.75, 3.05) is 32.8 Å². The van der Waals surface area contributed by atoms with E-state index in [1.807, 2.05) is 0 Å². The molecule has 1 rings (SSSR count). The zero-order valence-electron chi connectivity index (χ0n) is 12.8. The van der Waals surface area contributed by atoms with Crippen molar-refractivity contribution >= 4 is 11.8 Å². The second-order valence-corrected chi connectivity index (χ2v) is 5.80. The summed E-state index contributed by atoms with van der Waals surface area (Å²) >= 11 is 0. The molecule has 1 heterocycles. The van der Waals surface area contributed by atoms with Crippen molar-refractivity contribution in [3.63, 3.8) is 0 Å². The lowest BCUT2D eigenvalue weighted by Crippen LogP contribution is -2.40. The zero-order chi connectivity index (χ0) is 14.8. The monoisotopic (exact) mass is 284 g/mol. The molecule has 0 unspecified atom stereocenters. The average molecular weight is 284 g/mol. The molecule has 0 aromatic heterocycles. The number of carbonyl (C=O) groups is 2. The maximum Gasteiger partial charge on any atom is 0.239 e. The van der Waals surface area contributed by atoms with Gasteiger partial charge in [0.1, 0.15) is 0 Å². The molecule has 5 nitrogen and oxygen atoms in total. The fourth-order valence-corrected chi connectivity index (χ4v) is 2.16. The van der Waals surface area contributed by atoms with Crippen molar-refractivity contribution in [3.05, 3.63) is 0 Å². The normalized spacial score (nSPS) is 16.4. The fourth-order valence-electron chi connectivity index (χ4n) is 2.16. The molecule has 0 radical (unpaired) electrons. The Hall–Kier alpha value is -1.10. The van der Waals surface area contributed by atoms with E-state index in [4.69, 9.17) is 4.74 Å². The Morgan fingerprint density at radius 3 is 2.90 bits per heavy atom. The van der Waals surface area contributed by atoms with E-state index >= 15 is 0 Å². The smallest absolute Gasteiger partial charge is 0.239 e. The second-order valence-electron chi connectivity index (χ2n) is 5.80. The predicted octanol–water partition coefficient (Wildman–Crippen LogP) is 1.57. The fraction of sp³-hybridized carbons (Fsp3) is 0.867. The molecule has 1 aliphatic heterocycles. The Morgan fingerprint density at radius 2 is 2.15 bits per heavy atom. The largest absolute Gasteiger partial charge is 0.381 e. The van der Waals surface area contributed by atoms with Crippen molar-refractivity contribution in [2.45, 2.75) is 46.0 Å². The third-order valence-electron chi connectivity index (χ3n) is 3.24. The van der Waals surface area contributed by atoms with Crippen molar-refractivity contribution < 1.29 is 14.3 Å². The highest BCUT2D eigenvalue weighted by Crippen LogP contribution is 2.10. The summed E-state index contributed by atoms with van der Waals surface area (Å²) in [6.07, 6.45) is 4.42. The SMILES string of the molecule is CC(C)COCCCNC(=O)CN1CCCCCC1=O. The van der Waals surface area contributed by atoms with Gasteiger partial charge in [0.15, 0.2) is 0 Å². The van der Waals surface area contributed by atoms with Crippen LogP contribution in [0.1, 0.15) is 46.0 Å². The van der Waals surface area contributed by atoms with Crippen molar-refractivity contribution in [3.8, 4) is 0 Å². The zero-order valence-corrected chi connectivity index (χ0v) is 12.8. The quantitative estimate of drug-likeness (QED) is 0.688. The van der Waals surface area contributed by atoms with Crippen LogP contribution in [0.5, 0.6) is 0 Å². The van der Waals surface area contributed by atoms with Crippen molar-refractivity contribution in [2.24, 2.45) is 5.92 Å². The van der Waals surface area contributed by atoms with Crippen LogP contribution in [0.25, 0.3) is 0 Å². The summed E-state index contributed by atoms with van der Waals surface area (Å²) in [5.74, 6) is 0.584. The second kappa shape index (κ2) is 9.75. The summed E-state index contributed by atoms with van der Waals surface area (Å²) in [6, 6.07) is 0. The lowest BCUT2D eigenvalue weighted by molar-refractivity contribution is -0.135. The van der Waals surface area contributed by atoms with Gasteiger partial charge in [-0.3, -0.25) is 9.59 Å². The Balaban J connectivity index is 2.08. The number of rotatable bonds is 8. The van der Waals surface area contributed by atoms with Gasteiger partial charge in [0.25, 0.3) is 0 Å². The number of nitrogens with zero attached hydrogens (tertiary/aromatic N) is 1. The minimum atomic E-state index is -0.0656. The first-order valence-corrected chi connectivity index (χ1v) is 7.72. The van der Waals surface area contributed by atoms with Crippen molar-refractivity contribution in [1.29, 1.82) is 0 Å². The molecule has 1 aliphatic rings. The molecule has 20 heavy (non-hydrogen) atoms. The number of hydrogen-bond acceptors (Lipinski definition) is 3. The molecule has 0 atom stereocenters. The Bertz CT molecular complexity index is 305. The van der Waals surface area contributed by atoms with Crippen LogP contribution in [0, 0.1) is 5.92 Å². The van der Waals surface area contributed by atoms with Gasteiger partial charge in [-0.05, 0) is 25.2 Å². The lowest BCUT2D eigenvalue weighted by atomic mass is 10.2. The van der Waals surface area contributed by atoms with E-state index in [9.17, 15) is 9.59 Å². The number of ether oxygens (including phenoxy) is 1. The first-order valence-electron chi connectivity index (χ1n) is 7.72. The summed E-state index contributed by atoms with van der Waals surface area (Å²) in [5.41, 5.74) is 0. The summed E-state index contributed by atoms with van der Waals surface area (Å²) < 4.78 is 5.44. The lowest BCUT2D eigenvalue weighted by Gasteiger charge is -2.19. The van der Waals surface area contributed by atoms with Crippen LogP contribution in [0.3, 0.4) is 0 Å². The molecular formula is C15H28N2O3. The predicted molar refractivity (Wildman–Crippen MR) is 78.3 cm³/mol. The van der Waals surface area contributed by atoms with Crippen LogP contribution < -0.4 is 5.32 Å². The molecular weight excluding hydrogens is 256 g/mol. The molecule has 0 saturated carbocycles. The molecule has 0 bridgehead atoms. The first kappa shape index (κ1) is 17.0. The molecule has 116 valence electrons. The van der Waals surface area contributed by atoms with E-state index < -0.39 is 0 Å². The number of nitrogens with one attached hydrogen (secondary N) is 1. The van der Waals surface area contributed by atoms with E-state index in [1.54, 1.807) is 4.90 Å². The van der Waals surface area contributed by atoms with Gasteiger partial charge in [0.2, 0.25) is 11.8 Å². The number of likely N-dealkylation sites (tertiary alicyclic amines) is 1. The van der Waals surface area contributed by atoms with Gasteiger partial charge in [0.05, 0.1) is 6.54 Å². The maximum atomic E-state index is 11.8. The summed E-state index contributed by atoms with van der Waals surface area (Å²) in [5, 5.41) is 2.85. The van der Waals surface area contributed by atoms with E-state index in [0.717, 1.165) is 32.3 Å². The highest BCUT2D eigenvalue weighted by molar-refractivity contribution is 5.84. The number of carbonyl (C=O) groups excluding carboxylic acids is 2. The van der Waals surface area contributed by atoms with Gasteiger partial charge in [-0.15, -0.1) is 0 Å². The van der Waals surface area contributed by atoms with E-state index in [2.05, 4.69) is 19.2 Å². The molecule has 0 spiro atoms. The molecule has 0 aliphatic carbocycles. The van der Waals surface area contributed by atoms with Gasteiger partial charge in [-0.25, -0.2) is 0 Å². The first-order chi connectivity index (χ1) is 9.59. The van der Waals surface area contributed by atoms with E-state index in [-0.39, 0.29) is 18.4 Å². The standard InChI is InChI=1S/C15H28N2O3/c1-13(2)12-20-10-6-8-16-14(18)11-17-9-5-3-4-7-15(17)19/h13H,3-12H2,1-2H3,(H,16,18). The molecule has 0 aromatic rings. The molecule has 5 heteroatoms. The number of hydrogen-bond donors (Lipinski definition) is 1.